The van der Waals surface area contributed by atoms with E-state index in [1.807, 2.05) is 12.1 Å². The Labute approximate surface area is 135 Å². The molecule has 1 aliphatic rings. The molecule has 0 aliphatic carbocycles. The maximum Gasteiger partial charge on any atom is 0.138 e. The molecule has 3 aromatic rings. The molecule has 0 bridgehead atoms. The summed E-state index contributed by atoms with van der Waals surface area (Å²) < 4.78 is 13.6. The van der Waals surface area contributed by atoms with Gasteiger partial charge in [-0.05, 0) is 42.8 Å². The fourth-order valence-electron chi connectivity index (χ4n) is 3.08. The van der Waals surface area contributed by atoms with Crippen molar-refractivity contribution >= 4 is 0 Å². The van der Waals surface area contributed by atoms with Crippen LogP contribution in [0.3, 0.4) is 0 Å². The first kappa shape index (κ1) is 14.3. The van der Waals surface area contributed by atoms with E-state index in [0.717, 1.165) is 25.5 Å². The lowest BCUT2D eigenvalue weighted by atomic mass is 10.2. The summed E-state index contributed by atoms with van der Waals surface area (Å²) in [5.41, 5.74) is 3.61. The molecule has 2 aromatic heterocycles. The van der Waals surface area contributed by atoms with E-state index in [9.17, 15) is 0 Å². The highest BCUT2D eigenvalue weighted by molar-refractivity contribution is 5.37. The maximum absolute atomic E-state index is 5.94. The second-order valence-electron chi connectivity index (χ2n) is 5.96. The van der Waals surface area contributed by atoms with Crippen molar-refractivity contribution in [2.45, 2.75) is 19.7 Å². The maximum atomic E-state index is 5.94. The molecule has 118 valence electrons. The minimum absolute atomic E-state index is 0.00819. The van der Waals surface area contributed by atoms with Crippen molar-refractivity contribution in [1.29, 1.82) is 0 Å². The quantitative estimate of drug-likeness (QED) is 0.732. The summed E-state index contributed by atoms with van der Waals surface area (Å²) in [4.78, 5) is 2.30. The van der Waals surface area contributed by atoms with Gasteiger partial charge in [0.25, 0.3) is 0 Å². The van der Waals surface area contributed by atoms with Gasteiger partial charge >= 0.3 is 0 Å². The molecule has 4 nitrogen and oxygen atoms in total. The Balaban J connectivity index is 1.55. The van der Waals surface area contributed by atoms with Gasteiger partial charge in [0.15, 0.2) is 0 Å². The Kier molecular flexibility index (Phi) is 3.77. The lowest BCUT2D eigenvalue weighted by Gasteiger charge is -2.21. The average molecular weight is 308 g/mol. The highest BCUT2D eigenvalue weighted by atomic mass is 16.5. The van der Waals surface area contributed by atoms with Crippen LogP contribution in [0.1, 0.15) is 23.1 Å². The lowest BCUT2D eigenvalue weighted by molar-refractivity contribution is 0.0259. The van der Waals surface area contributed by atoms with Gasteiger partial charge < -0.3 is 13.7 Å². The first-order valence-electron chi connectivity index (χ1n) is 7.92. The van der Waals surface area contributed by atoms with Gasteiger partial charge in [-0.15, -0.1) is 0 Å². The Morgan fingerprint density at radius 1 is 1.17 bits per heavy atom. The van der Waals surface area contributed by atoms with E-state index in [2.05, 4.69) is 59.1 Å². The van der Waals surface area contributed by atoms with Crippen LogP contribution in [0, 0.1) is 6.92 Å². The summed E-state index contributed by atoms with van der Waals surface area (Å²) in [6.07, 6.45) is 5.96. The summed E-state index contributed by atoms with van der Waals surface area (Å²) in [6, 6.07) is 14.6. The summed E-state index contributed by atoms with van der Waals surface area (Å²) in [5.74, 6) is 0.971. The topological polar surface area (TPSA) is 30.5 Å². The fourth-order valence-corrected chi connectivity index (χ4v) is 3.08. The molecule has 0 saturated carbocycles. The second-order valence-corrected chi connectivity index (χ2v) is 5.96. The van der Waals surface area contributed by atoms with Gasteiger partial charge in [-0.25, -0.2) is 0 Å². The van der Waals surface area contributed by atoms with Crippen LogP contribution >= 0.6 is 0 Å². The molecule has 1 saturated heterocycles. The van der Waals surface area contributed by atoms with Gasteiger partial charge in [-0.1, -0.05) is 12.1 Å². The molecule has 1 aromatic carbocycles. The molecular formula is C19H20N2O2. The van der Waals surface area contributed by atoms with Crippen LogP contribution in [0.2, 0.25) is 0 Å². The van der Waals surface area contributed by atoms with Crippen LogP contribution in [0.15, 0.2) is 65.5 Å². The molecule has 0 spiro atoms. The van der Waals surface area contributed by atoms with E-state index >= 15 is 0 Å². The Morgan fingerprint density at radius 2 is 2.13 bits per heavy atom. The molecule has 4 heteroatoms. The van der Waals surface area contributed by atoms with Gasteiger partial charge in [0.1, 0.15) is 12.0 Å². The van der Waals surface area contributed by atoms with Crippen molar-refractivity contribution in [1.82, 2.24) is 9.47 Å². The zero-order valence-corrected chi connectivity index (χ0v) is 13.2. The number of furan rings is 1. The van der Waals surface area contributed by atoms with E-state index in [-0.39, 0.29) is 6.23 Å². The predicted octanol–water partition coefficient (Wildman–Crippen LogP) is 3.91. The SMILES string of the molecule is Cc1cccc(-n2ccc([C@@H]3OCCN3Cc3ccco3)c2)c1. The lowest BCUT2D eigenvalue weighted by Crippen LogP contribution is -2.22. The smallest absolute Gasteiger partial charge is 0.138 e. The summed E-state index contributed by atoms with van der Waals surface area (Å²) in [5, 5.41) is 0. The highest BCUT2D eigenvalue weighted by Crippen LogP contribution is 2.29. The third-order valence-corrected chi connectivity index (χ3v) is 4.23. The first-order valence-corrected chi connectivity index (χ1v) is 7.92. The second kappa shape index (κ2) is 6.07. The third-order valence-electron chi connectivity index (χ3n) is 4.23. The van der Waals surface area contributed by atoms with Crippen molar-refractivity contribution in [3.8, 4) is 5.69 Å². The minimum Gasteiger partial charge on any atom is -0.468 e. The van der Waals surface area contributed by atoms with Crippen molar-refractivity contribution in [2.24, 2.45) is 0 Å². The molecule has 4 rings (SSSR count). The van der Waals surface area contributed by atoms with Gasteiger partial charge in [0.05, 0.1) is 19.4 Å². The van der Waals surface area contributed by atoms with Crippen molar-refractivity contribution in [3.05, 3.63) is 78.0 Å². The molecule has 23 heavy (non-hydrogen) atoms. The summed E-state index contributed by atoms with van der Waals surface area (Å²) in [6.45, 7) is 4.55. The van der Waals surface area contributed by atoms with Crippen molar-refractivity contribution in [2.75, 3.05) is 13.2 Å². The van der Waals surface area contributed by atoms with Crippen LogP contribution in [0.4, 0.5) is 0 Å². The number of rotatable bonds is 4. The number of aromatic nitrogens is 1. The summed E-state index contributed by atoms with van der Waals surface area (Å²) >= 11 is 0. The largest absolute Gasteiger partial charge is 0.468 e. The molecule has 1 atom stereocenters. The van der Waals surface area contributed by atoms with Crippen LogP contribution < -0.4 is 0 Å². The Bertz CT molecular complexity index is 776. The molecule has 3 heterocycles. The van der Waals surface area contributed by atoms with Crippen LogP contribution in [-0.4, -0.2) is 22.6 Å². The normalized spacial score (nSPS) is 18.6. The van der Waals surface area contributed by atoms with Crippen LogP contribution in [0.25, 0.3) is 5.69 Å². The number of hydrogen-bond donors (Lipinski definition) is 0. The van der Waals surface area contributed by atoms with Gasteiger partial charge in [0, 0.05) is 30.2 Å². The highest BCUT2D eigenvalue weighted by Gasteiger charge is 2.28. The van der Waals surface area contributed by atoms with Crippen LogP contribution in [0.5, 0.6) is 0 Å². The van der Waals surface area contributed by atoms with Gasteiger partial charge in [0.2, 0.25) is 0 Å². The molecule has 0 N–H and O–H groups in total. The number of aryl methyl sites for hydroxylation is 1. The van der Waals surface area contributed by atoms with Crippen molar-refractivity contribution in [3.63, 3.8) is 0 Å². The molecule has 1 fully saturated rings. The van der Waals surface area contributed by atoms with Gasteiger partial charge in [-0.3, -0.25) is 4.90 Å². The average Bonchev–Trinajstić information content (AvgIpc) is 3.29. The van der Waals surface area contributed by atoms with E-state index in [1.54, 1.807) is 6.26 Å². The fraction of sp³-hybridized carbons (Fsp3) is 0.263. The number of nitrogens with zero attached hydrogens (tertiary/aromatic N) is 2. The first-order chi connectivity index (χ1) is 11.3. The number of hydrogen-bond acceptors (Lipinski definition) is 3. The predicted molar refractivity (Wildman–Crippen MR) is 88.3 cm³/mol. The summed E-state index contributed by atoms with van der Waals surface area (Å²) in [7, 11) is 0. The van der Waals surface area contributed by atoms with E-state index in [0.29, 0.717) is 0 Å². The number of ether oxygens (including phenoxy) is 1. The Hall–Kier alpha value is -2.30. The van der Waals surface area contributed by atoms with Gasteiger partial charge in [-0.2, -0.15) is 0 Å². The third kappa shape index (κ3) is 2.96. The van der Waals surface area contributed by atoms with E-state index in [1.165, 1.54) is 16.8 Å². The zero-order chi connectivity index (χ0) is 15.6. The zero-order valence-electron chi connectivity index (χ0n) is 13.2. The van der Waals surface area contributed by atoms with E-state index < -0.39 is 0 Å². The minimum atomic E-state index is -0.00819. The molecule has 0 radical (unpaired) electrons. The Morgan fingerprint density at radius 3 is 2.96 bits per heavy atom. The van der Waals surface area contributed by atoms with E-state index in [4.69, 9.17) is 9.15 Å². The molecule has 0 unspecified atom stereocenters. The molecular weight excluding hydrogens is 288 g/mol. The number of benzene rings is 1. The monoisotopic (exact) mass is 308 g/mol. The molecule has 0 amide bonds. The standard InChI is InChI=1S/C19H20N2O2/c1-15-4-2-5-17(12-15)20-8-7-16(13-20)19-21(9-11-23-19)14-18-6-3-10-22-18/h2-8,10,12-13,19H,9,11,14H2,1H3/t19-/m0/s1. The van der Waals surface area contributed by atoms with Crippen LogP contribution in [-0.2, 0) is 11.3 Å². The molecule has 1 aliphatic heterocycles. The van der Waals surface area contributed by atoms with Crippen molar-refractivity contribution < 1.29 is 9.15 Å².